The molecule has 3 amide bonds. The molecule has 50 heavy (non-hydrogen) atoms. The van der Waals surface area contributed by atoms with E-state index in [1.807, 2.05) is 48.2 Å². The number of ether oxygens (including phenoxy) is 1. The average molecular weight is 678 g/mol. The highest BCUT2D eigenvalue weighted by atomic mass is 16.6. The van der Waals surface area contributed by atoms with E-state index in [4.69, 9.17) is 4.74 Å². The van der Waals surface area contributed by atoms with Crippen molar-refractivity contribution < 1.29 is 24.0 Å². The van der Waals surface area contributed by atoms with Gasteiger partial charge in [-0.25, -0.2) is 0 Å². The summed E-state index contributed by atoms with van der Waals surface area (Å²) in [6, 6.07) is 26.0. The number of nitrogens with zero attached hydrogens (tertiary/aromatic N) is 4. The highest BCUT2D eigenvalue weighted by molar-refractivity contribution is 6.11. The zero-order valence-corrected chi connectivity index (χ0v) is 28.8. The number of aryl methyl sites for hydroxylation is 1. The number of amides is 3. The molecule has 0 aromatic heterocycles. The van der Waals surface area contributed by atoms with Gasteiger partial charge in [-0.15, -0.1) is 0 Å². The number of unbranched alkanes of at least 4 members (excludes halogenated alkanes) is 2. The second-order valence-electron chi connectivity index (χ2n) is 12.5. The van der Waals surface area contributed by atoms with Gasteiger partial charge in [0.2, 0.25) is 5.91 Å². The normalized spacial score (nSPS) is 13.1. The van der Waals surface area contributed by atoms with Crippen molar-refractivity contribution in [3.63, 3.8) is 0 Å². The van der Waals surface area contributed by atoms with Crippen molar-refractivity contribution >= 4 is 34.8 Å². The van der Waals surface area contributed by atoms with Gasteiger partial charge in [0.15, 0.2) is 0 Å². The molecule has 0 bridgehead atoms. The Hall–Kier alpha value is -5.55. The van der Waals surface area contributed by atoms with E-state index in [2.05, 4.69) is 17.3 Å². The number of likely N-dealkylation sites (N-methyl/N-ethyl adjacent to an activating group) is 1. The average Bonchev–Trinajstić information content (AvgIpc) is 3.13. The quantitative estimate of drug-likeness (QED) is 0.0936. The lowest BCUT2D eigenvalue weighted by molar-refractivity contribution is -0.385. The Labute approximate surface area is 292 Å². The minimum atomic E-state index is -0.631. The fourth-order valence-corrected chi connectivity index (χ4v) is 5.90. The number of anilines is 2. The molecule has 11 heteroatoms. The number of hydrogen-bond acceptors (Lipinski definition) is 7. The highest BCUT2D eigenvalue weighted by Crippen LogP contribution is 2.32. The molecule has 1 heterocycles. The number of nitro benzene ring substituents is 1. The van der Waals surface area contributed by atoms with Crippen molar-refractivity contribution in [1.29, 1.82) is 0 Å². The number of benzene rings is 4. The van der Waals surface area contributed by atoms with Crippen LogP contribution in [0.4, 0.5) is 17.1 Å². The molecule has 0 radical (unpaired) electrons. The summed E-state index contributed by atoms with van der Waals surface area (Å²) in [5.41, 5.74) is 3.19. The maximum absolute atomic E-state index is 13.7. The monoisotopic (exact) mass is 677 g/mol. The Bertz CT molecular complexity index is 1840. The van der Waals surface area contributed by atoms with Crippen LogP contribution in [0.5, 0.6) is 5.75 Å². The zero-order chi connectivity index (χ0) is 35.6. The number of para-hydroxylation sites is 2. The molecule has 1 fully saturated rings. The van der Waals surface area contributed by atoms with Crippen LogP contribution in [-0.4, -0.2) is 79.3 Å². The summed E-state index contributed by atoms with van der Waals surface area (Å²) in [5.74, 6) is -0.370. The zero-order valence-electron chi connectivity index (χ0n) is 28.8. The maximum Gasteiger partial charge on any atom is 0.284 e. The van der Waals surface area contributed by atoms with Gasteiger partial charge in [-0.05, 0) is 74.7 Å². The van der Waals surface area contributed by atoms with E-state index >= 15 is 0 Å². The number of nitrogens with one attached hydrogen (secondary N) is 1. The first-order chi connectivity index (χ1) is 24.1. The first-order valence-corrected chi connectivity index (χ1v) is 16.8. The van der Waals surface area contributed by atoms with Gasteiger partial charge in [0.1, 0.15) is 11.3 Å². The van der Waals surface area contributed by atoms with Crippen LogP contribution in [0, 0.1) is 17.0 Å². The van der Waals surface area contributed by atoms with Crippen molar-refractivity contribution in [2.45, 2.75) is 32.6 Å². The highest BCUT2D eigenvalue weighted by Gasteiger charge is 2.26. The molecule has 11 nitrogen and oxygen atoms in total. The molecular weight excluding hydrogens is 634 g/mol. The second-order valence-corrected chi connectivity index (χ2v) is 12.5. The van der Waals surface area contributed by atoms with E-state index in [-0.39, 0.29) is 17.2 Å². The summed E-state index contributed by atoms with van der Waals surface area (Å²) >= 11 is 0. The molecular formula is C39H43N5O6. The third kappa shape index (κ3) is 8.91. The molecule has 4 aromatic carbocycles. The Morgan fingerprint density at radius 1 is 0.860 bits per heavy atom. The number of carbonyl (C=O) groups is 3. The Morgan fingerprint density at radius 2 is 1.56 bits per heavy atom. The lowest BCUT2D eigenvalue weighted by Gasteiger charge is -2.32. The van der Waals surface area contributed by atoms with Crippen LogP contribution in [0.3, 0.4) is 0 Å². The number of piperazine rings is 1. The molecule has 1 aliphatic rings. The fourth-order valence-electron chi connectivity index (χ4n) is 5.90. The number of carbonyl (C=O) groups excluding carboxylic acids is 3. The predicted octanol–water partition coefficient (Wildman–Crippen LogP) is 6.81. The van der Waals surface area contributed by atoms with E-state index in [9.17, 15) is 24.5 Å². The molecule has 1 saturated heterocycles. The Balaban J connectivity index is 1.21. The minimum absolute atomic E-state index is 0.129. The molecule has 0 saturated carbocycles. The first-order valence-electron chi connectivity index (χ1n) is 16.8. The SMILES string of the molecule is Cc1ccc(-c2ccccc2C(=O)Nc2ccc(C(=O)N(C)c3ccccc3OCCCCCC(=O)N3CCN(C)CC3)c([N+](=O)[O-])c2)cc1. The number of hydrogen-bond donors (Lipinski definition) is 1. The summed E-state index contributed by atoms with van der Waals surface area (Å²) < 4.78 is 6.03. The molecule has 1 aliphatic heterocycles. The molecule has 4 aromatic rings. The fraction of sp³-hybridized carbons (Fsp3) is 0.308. The van der Waals surface area contributed by atoms with E-state index in [0.29, 0.717) is 30.0 Å². The van der Waals surface area contributed by atoms with Crippen LogP contribution in [0.15, 0.2) is 91.0 Å². The van der Waals surface area contributed by atoms with E-state index in [1.54, 1.807) is 36.4 Å². The van der Waals surface area contributed by atoms with Gasteiger partial charge in [-0.1, -0.05) is 60.2 Å². The first kappa shape index (κ1) is 35.7. The van der Waals surface area contributed by atoms with Crippen molar-refractivity contribution in [3.05, 3.63) is 118 Å². The van der Waals surface area contributed by atoms with Gasteiger partial charge >= 0.3 is 0 Å². The minimum Gasteiger partial charge on any atom is -0.491 e. The van der Waals surface area contributed by atoms with Crippen LogP contribution < -0.4 is 15.0 Å². The summed E-state index contributed by atoms with van der Waals surface area (Å²) in [4.78, 5) is 56.5. The topological polar surface area (TPSA) is 125 Å². The largest absolute Gasteiger partial charge is 0.491 e. The number of nitro groups is 1. The number of rotatable bonds is 13. The van der Waals surface area contributed by atoms with Crippen LogP contribution in [-0.2, 0) is 4.79 Å². The molecule has 1 N–H and O–H groups in total. The molecule has 0 spiro atoms. The molecule has 0 atom stereocenters. The van der Waals surface area contributed by atoms with Crippen molar-refractivity contribution in [3.8, 4) is 16.9 Å². The van der Waals surface area contributed by atoms with E-state index in [0.717, 1.165) is 62.1 Å². The summed E-state index contributed by atoms with van der Waals surface area (Å²) in [6.07, 6.45) is 2.84. The molecule has 5 rings (SSSR count). The van der Waals surface area contributed by atoms with Crippen LogP contribution in [0.2, 0.25) is 0 Å². The second kappa shape index (κ2) is 16.7. The lowest BCUT2D eigenvalue weighted by Crippen LogP contribution is -2.47. The van der Waals surface area contributed by atoms with E-state index in [1.165, 1.54) is 30.1 Å². The van der Waals surface area contributed by atoms with Gasteiger partial charge in [-0.2, -0.15) is 0 Å². The van der Waals surface area contributed by atoms with Gasteiger partial charge in [0.25, 0.3) is 17.5 Å². The van der Waals surface area contributed by atoms with Crippen LogP contribution in [0.25, 0.3) is 11.1 Å². The standard InChI is InChI=1S/C39H43N5O6/c1-28-16-18-29(19-17-28)31-11-6-7-12-32(31)38(46)40-30-20-21-33(35(27-30)44(48)49)39(47)42(3)34-13-8-9-14-36(34)50-26-10-4-5-15-37(45)43-24-22-41(2)23-25-43/h6-9,11-14,16-21,27H,4-5,10,15,22-26H2,1-3H3,(H,40,46). The summed E-state index contributed by atoms with van der Waals surface area (Å²) in [5, 5.41) is 14.9. The molecule has 260 valence electrons. The van der Waals surface area contributed by atoms with Gasteiger partial charge in [-0.3, -0.25) is 24.5 Å². The lowest BCUT2D eigenvalue weighted by atomic mass is 9.98. The smallest absolute Gasteiger partial charge is 0.284 e. The van der Waals surface area contributed by atoms with Gasteiger partial charge in [0.05, 0.1) is 17.2 Å². The Kier molecular flexibility index (Phi) is 11.9. The van der Waals surface area contributed by atoms with Crippen molar-refractivity contribution in [2.24, 2.45) is 0 Å². The maximum atomic E-state index is 13.7. The van der Waals surface area contributed by atoms with Crippen LogP contribution >= 0.6 is 0 Å². The van der Waals surface area contributed by atoms with Gasteiger partial charge < -0.3 is 24.8 Å². The summed E-state index contributed by atoms with van der Waals surface area (Å²) in [7, 11) is 3.60. The van der Waals surface area contributed by atoms with Gasteiger partial charge in [0, 0.05) is 57.0 Å². The van der Waals surface area contributed by atoms with Crippen LogP contribution in [0.1, 0.15) is 52.0 Å². The van der Waals surface area contributed by atoms with Crippen molar-refractivity contribution in [1.82, 2.24) is 9.80 Å². The predicted molar refractivity (Wildman–Crippen MR) is 195 cm³/mol. The molecule has 0 unspecified atom stereocenters. The summed E-state index contributed by atoms with van der Waals surface area (Å²) in [6.45, 7) is 5.72. The molecule has 0 aliphatic carbocycles. The Morgan fingerprint density at radius 3 is 2.30 bits per heavy atom. The third-order valence-corrected chi connectivity index (χ3v) is 8.90. The van der Waals surface area contributed by atoms with Crippen molar-refractivity contribution in [2.75, 3.05) is 57.1 Å². The third-order valence-electron chi connectivity index (χ3n) is 8.90. The van der Waals surface area contributed by atoms with E-state index < -0.39 is 22.4 Å².